The van der Waals surface area contributed by atoms with Crippen molar-refractivity contribution in [3.05, 3.63) is 227 Å². The van der Waals surface area contributed by atoms with Crippen molar-refractivity contribution in [1.82, 2.24) is 63.4 Å². The number of aromatic nitrogens is 6. The number of nitrogens with zero attached hydrogens (tertiary/aromatic N) is 15. The number of anilines is 6. The lowest BCUT2D eigenvalue weighted by molar-refractivity contribution is -0.137. The average molecular weight is 1780 g/mol. The van der Waals surface area contributed by atoms with Crippen LogP contribution >= 0.6 is 0 Å². The average Bonchev–Trinajstić information content (AvgIpc) is 1.60. The first-order valence-corrected chi connectivity index (χ1v) is 45.5. The number of nitrogens with one attached hydrogen (secondary N) is 5. The third-order valence-corrected chi connectivity index (χ3v) is 25.9. The minimum atomic E-state index is -4.45. The van der Waals surface area contributed by atoms with Crippen LogP contribution in [-0.2, 0) is 35.4 Å². The van der Waals surface area contributed by atoms with Gasteiger partial charge in [-0.3, -0.25) is 28.9 Å². The molecule has 3 saturated heterocycles. The molecule has 0 saturated carbocycles. The van der Waals surface area contributed by atoms with Crippen LogP contribution in [0.4, 0.5) is 57.4 Å². The summed E-state index contributed by atoms with van der Waals surface area (Å²) in [5, 5.41) is 16.0. The van der Waals surface area contributed by atoms with Crippen LogP contribution in [0.1, 0.15) is 120 Å². The Balaban J connectivity index is 0.000000144. The van der Waals surface area contributed by atoms with Gasteiger partial charge in [0.15, 0.2) is 0 Å². The van der Waals surface area contributed by atoms with Gasteiger partial charge in [0.25, 0.3) is 17.7 Å². The molecular weight excluding hydrogens is 1660 g/mol. The van der Waals surface area contributed by atoms with E-state index in [-0.39, 0.29) is 66.5 Å². The summed E-state index contributed by atoms with van der Waals surface area (Å²) >= 11 is 0. The standard InChI is InChI=1S/C34H40FN7O2.C34H39N7O2.C33H38F3N7O/c1-22(2)31-33(43)38-28-12-9-25(36-14-5-15-39(3)4)21-27(28)32-37-29-20-23(6-13-30(29)42(31)32)34(44)41-18-16-40(17-19-41)26-10-7-24(35)8-11-26;1-37-14-12-26(13-15-37)38(2)34(43)25-8-11-31-30(20-25)36-33-28-21-27(9-10-29(28)35-32(42)23-41(31)33)40-18-16-39(17-19-40)22-24-6-4-3-5-7-24;1-5-20(2)29-30(37)40-26-12-11-24(38-14-7-15-42(3)4)18-25(26)31-41-27-17-22(10-13-28(27)43(29)31)32(44)39-19-21-8-6-9-23(16-21)33(34,35)36/h6-13,20-22,31,36H,5,14-19H2,1-4H3,(H,38,43);3-11,20-21,26H,12-19,22-23H2,1-2H3,(H,35,42);6,8-13,16-18,20,29,38H,5,7,14-15,19H2,1-4H3,(H2,37,40)(H,39,44)/t31-;;20-,29?/m0.0/s1. The van der Waals surface area contributed by atoms with Gasteiger partial charge in [-0.05, 0) is 256 Å². The summed E-state index contributed by atoms with van der Waals surface area (Å²) < 4.78 is 58.9. The number of fused-ring (bicyclic) bond motifs is 15. The van der Waals surface area contributed by atoms with Crippen LogP contribution in [0.2, 0.25) is 0 Å². The van der Waals surface area contributed by atoms with E-state index in [0.29, 0.717) is 77.0 Å². The van der Waals surface area contributed by atoms with Crippen molar-refractivity contribution in [3.63, 3.8) is 0 Å². The van der Waals surface area contributed by atoms with Crippen LogP contribution < -0.4 is 42.1 Å². The SMILES string of the molecule is CC(C)[C@H]1C(=O)Nc2ccc(NCCCN(C)C)cc2-c2nc3cc(C(=O)N4CCN(c5ccc(F)cc5)CC4)ccc3n21.CC[C@H](C)C1C(N)=Nc2ccc(NCCCN(C)C)cc2-c2nc3cc(C(=O)NCc4cccc(C(F)(F)F)c4)ccc3n21.CN1CCC(N(C)C(=O)c2ccc3c(c2)nc2n3CC(=O)Nc3ccc(N4CCN(Cc5ccccc5)CC4)cc3-2)CC1. The number of carbonyl (C=O) groups excluding carboxylic acids is 5. The van der Waals surface area contributed by atoms with E-state index >= 15 is 0 Å². The van der Waals surface area contributed by atoms with Gasteiger partial charge in [-0.1, -0.05) is 76.6 Å². The van der Waals surface area contributed by atoms with Gasteiger partial charge in [-0.25, -0.2) is 24.3 Å². The molecule has 3 fully saturated rings. The van der Waals surface area contributed by atoms with E-state index in [1.165, 1.54) is 23.8 Å². The van der Waals surface area contributed by atoms with Gasteiger partial charge in [0.05, 0.1) is 61.8 Å². The van der Waals surface area contributed by atoms with Crippen molar-refractivity contribution < 1.29 is 41.5 Å². The smallest absolute Gasteiger partial charge is 0.385 e. The van der Waals surface area contributed by atoms with Gasteiger partial charge in [0, 0.05) is 148 Å². The molecule has 0 spiro atoms. The van der Waals surface area contributed by atoms with E-state index in [1.54, 1.807) is 30.3 Å². The number of amidine groups is 1. The van der Waals surface area contributed by atoms with Gasteiger partial charge < -0.3 is 80.3 Å². The number of hydrogen-bond acceptors (Lipinski definition) is 18. The van der Waals surface area contributed by atoms with Gasteiger partial charge in [0.2, 0.25) is 11.8 Å². The van der Waals surface area contributed by atoms with Crippen LogP contribution in [0.15, 0.2) is 193 Å². The van der Waals surface area contributed by atoms with Crippen LogP contribution in [0.25, 0.3) is 67.3 Å². The molecule has 3 aromatic heterocycles. The largest absolute Gasteiger partial charge is 0.416 e. The highest BCUT2D eigenvalue weighted by atomic mass is 19.4. The number of alkyl halides is 3. The highest BCUT2D eigenvalue weighted by Crippen LogP contribution is 2.45. The lowest BCUT2D eigenvalue weighted by Crippen LogP contribution is -2.48. The maximum absolute atomic E-state index is 13.6. The van der Waals surface area contributed by atoms with Crippen LogP contribution in [0.3, 0.4) is 0 Å². The van der Waals surface area contributed by atoms with Gasteiger partial charge in [0.1, 0.15) is 41.7 Å². The summed E-state index contributed by atoms with van der Waals surface area (Å²) in [7, 11) is 12.3. The second kappa shape index (κ2) is 39.7. The molecule has 7 N–H and O–H groups in total. The predicted molar refractivity (Wildman–Crippen MR) is 513 cm³/mol. The number of rotatable bonds is 23. The van der Waals surface area contributed by atoms with E-state index < -0.39 is 23.7 Å². The Kier molecular flexibility index (Phi) is 27.7. The highest BCUT2D eigenvalue weighted by molar-refractivity contribution is 6.06. The second-order valence-electron chi connectivity index (χ2n) is 36.1. The Morgan fingerprint density at radius 1 is 0.565 bits per heavy atom. The number of piperazine rings is 2. The zero-order chi connectivity index (χ0) is 92.1. The molecular formula is C101H117F4N21O5. The molecule has 131 heavy (non-hydrogen) atoms. The molecule has 12 aromatic rings. The number of aliphatic imine (C=N–C) groups is 1. The zero-order valence-electron chi connectivity index (χ0n) is 76.2. The molecule has 6 aliphatic rings. The molecule has 0 radical (unpaired) electrons. The second-order valence-corrected chi connectivity index (χ2v) is 36.1. The molecule has 5 amide bonds. The first-order chi connectivity index (χ1) is 63.1. The predicted octanol–water partition coefficient (Wildman–Crippen LogP) is 16.1. The number of piperidine rings is 1. The fraction of sp³-hybridized carbons (Fsp3) is 0.376. The van der Waals surface area contributed by atoms with E-state index in [4.69, 9.17) is 25.7 Å². The molecule has 26 nitrogen and oxygen atoms in total. The zero-order valence-corrected chi connectivity index (χ0v) is 76.2. The Bertz CT molecular complexity index is 6200. The summed E-state index contributed by atoms with van der Waals surface area (Å²) in [4.78, 5) is 104. The summed E-state index contributed by atoms with van der Waals surface area (Å²) in [6.45, 7) is 21.4. The van der Waals surface area contributed by atoms with E-state index in [1.807, 2.05) is 119 Å². The van der Waals surface area contributed by atoms with Crippen molar-refractivity contribution in [2.45, 2.75) is 104 Å². The molecule has 9 heterocycles. The van der Waals surface area contributed by atoms with Crippen molar-refractivity contribution in [2.75, 3.05) is 165 Å². The van der Waals surface area contributed by atoms with Gasteiger partial charge >= 0.3 is 6.18 Å². The molecule has 0 bridgehead atoms. The summed E-state index contributed by atoms with van der Waals surface area (Å²) in [5.74, 6) is 1.99. The van der Waals surface area contributed by atoms with Crippen molar-refractivity contribution >= 4 is 108 Å². The number of hydrogen-bond donors (Lipinski definition) is 6. The first kappa shape index (κ1) is 91.3. The number of imidazole rings is 3. The van der Waals surface area contributed by atoms with Gasteiger partial charge in [-0.15, -0.1) is 0 Å². The maximum atomic E-state index is 13.6. The Labute approximate surface area is 761 Å². The highest BCUT2D eigenvalue weighted by Gasteiger charge is 2.38. The van der Waals surface area contributed by atoms with Crippen LogP contribution in [-0.4, -0.2) is 233 Å². The first-order valence-electron chi connectivity index (χ1n) is 45.5. The van der Waals surface area contributed by atoms with Crippen molar-refractivity contribution in [1.29, 1.82) is 0 Å². The number of halogens is 4. The number of likely N-dealkylation sites (tertiary alicyclic amines) is 1. The monoisotopic (exact) mass is 1780 g/mol. The van der Waals surface area contributed by atoms with Crippen LogP contribution in [0.5, 0.6) is 0 Å². The minimum Gasteiger partial charge on any atom is -0.385 e. The Morgan fingerprint density at radius 3 is 1.79 bits per heavy atom. The molecule has 30 heteroatoms. The van der Waals surface area contributed by atoms with E-state index in [2.05, 4.69) is 158 Å². The minimum absolute atomic E-state index is 0.0165. The topological polar surface area (TPSA) is 263 Å². The third kappa shape index (κ3) is 20.6. The number of amides is 5. The fourth-order valence-electron chi connectivity index (χ4n) is 18.5. The maximum Gasteiger partial charge on any atom is 0.416 e. The van der Waals surface area contributed by atoms with E-state index in [9.17, 15) is 41.5 Å². The molecule has 684 valence electrons. The molecule has 3 atom stereocenters. The lowest BCUT2D eigenvalue weighted by Gasteiger charge is -2.36. The quantitative estimate of drug-likeness (QED) is 0.0257. The molecule has 6 aliphatic heterocycles. The number of benzene rings is 9. The number of carbonyl (C=O) groups is 5. The molecule has 18 rings (SSSR count). The summed E-state index contributed by atoms with van der Waals surface area (Å²) in [6, 6.07) is 56.4. The third-order valence-electron chi connectivity index (χ3n) is 25.9. The number of nitrogens with two attached hydrogens (primary N) is 1. The Hall–Kier alpha value is -13.0. The summed E-state index contributed by atoms with van der Waals surface area (Å²) in [6.07, 6.45) is 0.374. The molecule has 1 unspecified atom stereocenters. The molecule has 9 aromatic carbocycles. The summed E-state index contributed by atoms with van der Waals surface area (Å²) in [5.41, 5.74) is 22.5. The molecule has 0 aliphatic carbocycles. The van der Waals surface area contributed by atoms with Crippen molar-refractivity contribution in [2.24, 2.45) is 22.6 Å². The lowest BCUT2D eigenvalue weighted by atomic mass is 9.97. The normalized spacial score (nSPS) is 16.7. The van der Waals surface area contributed by atoms with Crippen molar-refractivity contribution in [3.8, 4) is 34.2 Å². The van der Waals surface area contributed by atoms with Gasteiger partial charge in [-0.2, -0.15) is 13.2 Å². The fourth-order valence-corrected chi connectivity index (χ4v) is 18.5. The van der Waals surface area contributed by atoms with E-state index in [0.717, 1.165) is 201 Å². The Morgan fingerprint density at radius 2 is 1.12 bits per heavy atom. The van der Waals surface area contributed by atoms with Crippen LogP contribution in [0, 0.1) is 17.7 Å².